The van der Waals surface area contributed by atoms with Crippen molar-refractivity contribution >= 4 is 0 Å². The third kappa shape index (κ3) is 4.19. The highest BCUT2D eigenvalue weighted by molar-refractivity contribution is 5.30. The van der Waals surface area contributed by atoms with Crippen molar-refractivity contribution < 1.29 is 4.74 Å². The van der Waals surface area contributed by atoms with Gasteiger partial charge in [-0.3, -0.25) is 0 Å². The van der Waals surface area contributed by atoms with Crippen molar-refractivity contribution in [3.8, 4) is 5.75 Å². The van der Waals surface area contributed by atoms with E-state index in [0.717, 1.165) is 18.8 Å². The van der Waals surface area contributed by atoms with Gasteiger partial charge >= 0.3 is 0 Å². The number of likely N-dealkylation sites (tertiary alicyclic amines) is 1. The summed E-state index contributed by atoms with van der Waals surface area (Å²) >= 11 is 0. The summed E-state index contributed by atoms with van der Waals surface area (Å²) in [5.74, 6) is 0.925. The average Bonchev–Trinajstić information content (AvgIpc) is 2.78. The fourth-order valence-electron chi connectivity index (χ4n) is 3.07. The van der Waals surface area contributed by atoms with Crippen LogP contribution in [0, 0.1) is 0 Å². The molecule has 1 fully saturated rings. The fourth-order valence-corrected chi connectivity index (χ4v) is 3.07. The molecule has 118 valence electrons. The van der Waals surface area contributed by atoms with Crippen LogP contribution in [0.1, 0.15) is 24.9 Å². The van der Waals surface area contributed by atoms with Gasteiger partial charge < -0.3 is 19.9 Å². The lowest BCUT2D eigenvalue weighted by atomic mass is 10.0. The van der Waals surface area contributed by atoms with Gasteiger partial charge in [0.15, 0.2) is 0 Å². The van der Waals surface area contributed by atoms with Gasteiger partial charge in [0.1, 0.15) is 5.75 Å². The lowest BCUT2D eigenvalue weighted by Gasteiger charge is -2.27. The maximum Gasteiger partial charge on any atom is 0.119 e. The number of hydrogen-bond acceptors (Lipinski definition) is 4. The van der Waals surface area contributed by atoms with Gasteiger partial charge in [-0.25, -0.2) is 0 Å². The van der Waals surface area contributed by atoms with Crippen LogP contribution >= 0.6 is 0 Å². The highest BCUT2D eigenvalue weighted by Crippen LogP contribution is 2.23. The molecule has 3 unspecified atom stereocenters. The molecule has 0 saturated carbocycles. The second kappa shape index (κ2) is 7.25. The van der Waals surface area contributed by atoms with E-state index < -0.39 is 0 Å². The normalized spacial score (nSPS) is 24.5. The first kappa shape index (κ1) is 16.3. The van der Waals surface area contributed by atoms with Crippen LogP contribution in [0.4, 0.5) is 0 Å². The molecule has 1 N–H and O–H groups in total. The van der Waals surface area contributed by atoms with Gasteiger partial charge in [-0.2, -0.15) is 0 Å². The van der Waals surface area contributed by atoms with Crippen molar-refractivity contribution in [3.63, 3.8) is 0 Å². The Morgan fingerprint density at radius 3 is 2.76 bits per heavy atom. The van der Waals surface area contributed by atoms with Crippen LogP contribution in [0.25, 0.3) is 0 Å². The van der Waals surface area contributed by atoms with E-state index in [2.05, 4.69) is 61.4 Å². The number of ether oxygens (including phenoxy) is 1. The zero-order valence-corrected chi connectivity index (χ0v) is 14.0. The number of nitrogens with zero attached hydrogens (tertiary/aromatic N) is 2. The van der Waals surface area contributed by atoms with Gasteiger partial charge in [-0.05, 0) is 52.2 Å². The summed E-state index contributed by atoms with van der Waals surface area (Å²) in [5.41, 5.74) is 1.30. The standard InChI is InChI=1S/C17H29N3O/c1-13-9-15(12-20(13)4)18-11-17(19(2)3)14-7-6-8-16(10-14)21-5/h6-8,10,13,15,17-18H,9,11-12H2,1-5H3. The molecule has 0 aliphatic carbocycles. The van der Waals surface area contributed by atoms with E-state index in [1.54, 1.807) is 7.11 Å². The first-order chi connectivity index (χ1) is 10.0. The molecule has 4 nitrogen and oxygen atoms in total. The summed E-state index contributed by atoms with van der Waals surface area (Å²) in [4.78, 5) is 4.69. The highest BCUT2D eigenvalue weighted by atomic mass is 16.5. The minimum absolute atomic E-state index is 0.362. The van der Waals surface area contributed by atoms with Crippen LogP contribution in [0.3, 0.4) is 0 Å². The van der Waals surface area contributed by atoms with Crippen molar-refractivity contribution in [1.82, 2.24) is 15.1 Å². The molecule has 3 atom stereocenters. The molecule has 0 radical (unpaired) electrons. The second-order valence-corrected chi connectivity index (χ2v) is 6.39. The molecule has 1 aliphatic rings. The minimum Gasteiger partial charge on any atom is -0.497 e. The number of likely N-dealkylation sites (N-methyl/N-ethyl adjacent to an activating group) is 2. The third-order valence-electron chi connectivity index (χ3n) is 4.59. The topological polar surface area (TPSA) is 27.7 Å². The van der Waals surface area contributed by atoms with Crippen LogP contribution in [0.5, 0.6) is 5.75 Å². The van der Waals surface area contributed by atoms with E-state index in [0.29, 0.717) is 18.1 Å². The Balaban J connectivity index is 1.99. The molecular weight excluding hydrogens is 262 g/mol. The maximum atomic E-state index is 5.35. The van der Waals surface area contributed by atoms with Crippen molar-refractivity contribution in [1.29, 1.82) is 0 Å². The molecule has 1 aromatic rings. The van der Waals surface area contributed by atoms with Crippen LogP contribution in [0.2, 0.25) is 0 Å². The number of methoxy groups -OCH3 is 1. The Bertz CT molecular complexity index is 439. The first-order valence-corrected chi connectivity index (χ1v) is 7.75. The quantitative estimate of drug-likeness (QED) is 0.867. The number of benzene rings is 1. The SMILES string of the molecule is COc1cccc(C(CNC2CC(C)N(C)C2)N(C)C)c1. The Labute approximate surface area is 129 Å². The first-order valence-electron chi connectivity index (χ1n) is 7.75. The van der Waals surface area contributed by atoms with Crippen molar-refractivity contribution in [2.75, 3.05) is 41.3 Å². The average molecular weight is 291 g/mol. The van der Waals surface area contributed by atoms with Crippen LogP contribution in [-0.2, 0) is 0 Å². The molecule has 4 heteroatoms. The molecule has 0 bridgehead atoms. The zero-order valence-electron chi connectivity index (χ0n) is 14.0. The van der Waals surface area contributed by atoms with Gasteiger partial charge in [0, 0.05) is 31.2 Å². The van der Waals surface area contributed by atoms with Crippen molar-refractivity contribution in [2.45, 2.75) is 31.5 Å². The predicted molar refractivity (Wildman–Crippen MR) is 87.9 cm³/mol. The molecule has 2 rings (SSSR count). The molecule has 0 amide bonds. The Morgan fingerprint density at radius 2 is 2.19 bits per heavy atom. The van der Waals surface area contributed by atoms with Crippen LogP contribution in [0.15, 0.2) is 24.3 Å². The molecular formula is C17H29N3O. The van der Waals surface area contributed by atoms with E-state index in [1.807, 2.05) is 6.07 Å². The van der Waals surface area contributed by atoms with Crippen molar-refractivity contribution in [3.05, 3.63) is 29.8 Å². The summed E-state index contributed by atoms with van der Waals surface area (Å²) in [6, 6.07) is 10.0. The predicted octanol–water partition coefficient (Wildman–Crippen LogP) is 1.98. The van der Waals surface area contributed by atoms with Gasteiger partial charge in [0.05, 0.1) is 7.11 Å². The lowest BCUT2D eigenvalue weighted by molar-refractivity contribution is 0.276. The minimum atomic E-state index is 0.362. The van der Waals surface area contributed by atoms with Crippen molar-refractivity contribution in [2.24, 2.45) is 0 Å². The monoisotopic (exact) mass is 291 g/mol. The summed E-state index contributed by atoms with van der Waals surface area (Å²) < 4.78 is 5.35. The fraction of sp³-hybridized carbons (Fsp3) is 0.647. The van der Waals surface area contributed by atoms with E-state index in [-0.39, 0.29) is 0 Å². The number of nitrogens with one attached hydrogen (secondary N) is 1. The summed E-state index contributed by atoms with van der Waals surface area (Å²) in [6.45, 7) is 4.40. The largest absolute Gasteiger partial charge is 0.497 e. The molecule has 21 heavy (non-hydrogen) atoms. The third-order valence-corrected chi connectivity index (χ3v) is 4.59. The van der Waals surface area contributed by atoms with Gasteiger partial charge in [-0.15, -0.1) is 0 Å². The Morgan fingerprint density at radius 1 is 1.43 bits per heavy atom. The molecule has 1 heterocycles. The van der Waals surface area contributed by atoms with Crippen LogP contribution < -0.4 is 10.1 Å². The molecule has 1 aromatic carbocycles. The summed E-state index contributed by atoms with van der Waals surface area (Å²) in [7, 11) is 8.19. The highest BCUT2D eigenvalue weighted by Gasteiger charge is 2.26. The number of rotatable bonds is 6. The smallest absolute Gasteiger partial charge is 0.119 e. The van der Waals surface area contributed by atoms with E-state index in [9.17, 15) is 0 Å². The Kier molecular flexibility index (Phi) is 5.62. The zero-order chi connectivity index (χ0) is 15.4. The molecule has 1 aliphatic heterocycles. The van der Waals surface area contributed by atoms with Gasteiger partial charge in [0.25, 0.3) is 0 Å². The van der Waals surface area contributed by atoms with E-state index in [4.69, 9.17) is 4.74 Å². The van der Waals surface area contributed by atoms with E-state index in [1.165, 1.54) is 12.0 Å². The van der Waals surface area contributed by atoms with Gasteiger partial charge in [-0.1, -0.05) is 12.1 Å². The molecule has 0 spiro atoms. The molecule has 0 aromatic heterocycles. The van der Waals surface area contributed by atoms with E-state index >= 15 is 0 Å². The summed E-state index contributed by atoms with van der Waals surface area (Å²) in [5, 5.41) is 3.74. The second-order valence-electron chi connectivity index (χ2n) is 6.39. The lowest BCUT2D eigenvalue weighted by Crippen LogP contribution is -2.38. The van der Waals surface area contributed by atoms with Gasteiger partial charge in [0.2, 0.25) is 0 Å². The Hall–Kier alpha value is -1.10. The maximum absolute atomic E-state index is 5.35. The number of hydrogen-bond donors (Lipinski definition) is 1. The van der Waals surface area contributed by atoms with Crippen LogP contribution in [-0.4, -0.2) is 63.2 Å². The summed E-state index contributed by atoms with van der Waals surface area (Å²) in [6.07, 6.45) is 1.23. The molecule has 1 saturated heterocycles.